The van der Waals surface area contributed by atoms with Gasteiger partial charge in [0.1, 0.15) is 0 Å². The molecule has 1 aliphatic rings. The summed E-state index contributed by atoms with van der Waals surface area (Å²) in [5.41, 5.74) is -0.525. The van der Waals surface area contributed by atoms with E-state index in [1.54, 1.807) is 0 Å². The molecule has 3 heteroatoms. The van der Waals surface area contributed by atoms with Crippen LogP contribution in [0.1, 0.15) is 33.6 Å². The van der Waals surface area contributed by atoms with Crippen LogP contribution in [-0.2, 0) is 4.74 Å². The first kappa shape index (κ1) is 12.3. The standard InChI is InChI=1S/C11H22O2S/c1-9(2)11(3,12)8-14-10-4-6-13-7-5-10/h9-10,12H,4-8H2,1-3H3. The van der Waals surface area contributed by atoms with E-state index in [1.807, 2.05) is 18.7 Å². The first-order valence-corrected chi connectivity index (χ1v) is 6.49. The van der Waals surface area contributed by atoms with Gasteiger partial charge in [-0.05, 0) is 25.7 Å². The Morgan fingerprint density at radius 1 is 1.43 bits per heavy atom. The molecule has 1 rings (SSSR count). The molecule has 1 fully saturated rings. The Morgan fingerprint density at radius 3 is 2.50 bits per heavy atom. The van der Waals surface area contributed by atoms with Crippen molar-refractivity contribution in [2.75, 3.05) is 19.0 Å². The van der Waals surface area contributed by atoms with Crippen molar-refractivity contribution >= 4 is 11.8 Å². The van der Waals surface area contributed by atoms with E-state index in [0.29, 0.717) is 11.2 Å². The molecule has 1 aliphatic heterocycles. The van der Waals surface area contributed by atoms with Gasteiger partial charge in [0.2, 0.25) is 0 Å². The molecule has 0 amide bonds. The van der Waals surface area contributed by atoms with E-state index in [0.717, 1.165) is 31.8 Å². The van der Waals surface area contributed by atoms with Gasteiger partial charge in [0, 0.05) is 24.2 Å². The Bertz CT molecular complexity index is 163. The fourth-order valence-electron chi connectivity index (χ4n) is 1.30. The van der Waals surface area contributed by atoms with Crippen LogP contribution >= 0.6 is 11.8 Å². The quantitative estimate of drug-likeness (QED) is 0.785. The molecule has 84 valence electrons. The lowest BCUT2D eigenvalue weighted by atomic mass is 9.95. The highest BCUT2D eigenvalue weighted by Gasteiger charge is 2.26. The minimum atomic E-state index is -0.525. The minimum absolute atomic E-state index is 0.329. The van der Waals surface area contributed by atoms with Gasteiger partial charge in [0.25, 0.3) is 0 Å². The normalized spacial score (nSPS) is 23.8. The number of rotatable bonds is 4. The smallest absolute Gasteiger partial charge is 0.0732 e. The molecular weight excluding hydrogens is 196 g/mol. The zero-order valence-electron chi connectivity index (χ0n) is 9.45. The molecule has 0 aromatic heterocycles. The molecule has 0 radical (unpaired) electrons. The number of aliphatic hydroxyl groups is 1. The lowest BCUT2D eigenvalue weighted by Gasteiger charge is -2.30. The molecule has 0 aromatic rings. The predicted molar refractivity (Wildman–Crippen MR) is 61.8 cm³/mol. The van der Waals surface area contributed by atoms with Crippen molar-refractivity contribution < 1.29 is 9.84 Å². The Hall–Kier alpha value is 0.270. The van der Waals surface area contributed by atoms with E-state index >= 15 is 0 Å². The molecule has 0 bridgehead atoms. The van der Waals surface area contributed by atoms with Crippen LogP contribution in [0.5, 0.6) is 0 Å². The molecule has 1 unspecified atom stereocenters. The van der Waals surface area contributed by atoms with Crippen LogP contribution in [0.15, 0.2) is 0 Å². The van der Waals surface area contributed by atoms with E-state index in [9.17, 15) is 5.11 Å². The first-order chi connectivity index (χ1) is 6.52. The second kappa shape index (κ2) is 5.38. The van der Waals surface area contributed by atoms with Gasteiger partial charge in [0.15, 0.2) is 0 Å². The Labute approximate surface area is 91.4 Å². The summed E-state index contributed by atoms with van der Waals surface area (Å²) < 4.78 is 5.30. The zero-order valence-corrected chi connectivity index (χ0v) is 10.3. The lowest BCUT2D eigenvalue weighted by molar-refractivity contribution is 0.0372. The Kier molecular flexibility index (Phi) is 4.74. The van der Waals surface area contributed by atoms with Gasteiger partial charge < -0.3 is 9.84 Å². The maximum atomic E-state index is 10.1. The van der Waals surface area contributed by atoms with Crippen LogP contribution in [0.4, 0.5) is 0 Å². The molecule has 14 heavy (non-hydrogen) atoms. The average molecular weight is 218 g/mol. The molecule has 0 spiro atoms. The maximum Gasteiger partial charge on any atom is 0.0732 e. The summed E-state index contributed by atoms with van der Waals surface area (Å²) in [5, 5.41) is 10.8. The Morgan fingerprint density at radius 2 is 2.00 bits per heavy atom. The minimum Gasteiger partial charge on any atom is -0.389 e. The van der Waals surface area contributed by atoms with Crippen molar-refractivity contribution in [2.24, 2.45) is 5.92 Å². The van der Waals surface area contributed by atoms with Gasteiger partial charge in [-0.15, -0.1) is 0 Å². The van der Waals surface area contributed by atoms with Crippen LogP contribution in [-0.4, -0.2) is 34.9 Å². The number of hydrogen-bond donors (Lipinski definition) is 1. The average Bonchev–Trinajstić information content (AvgIpc) is 2.16. The maximum absolute atomic E-state index is 10.1. The molecule has 1 heterocycles. The van der Waals surface area contributed by atoms with Crippen LogP contribution in [0.2, 0.25) is 0 Å². The van der Waals surface area contributed by atoms with Crippen LogP contribution in [0.25, 0.3) is 0 Å². The summed E-state index contributed by atoms with van der Waals surface area (Å²) in [4.78, 5) is 0. The SMILES string of the molecule is CC(C)C(C)(O)CSC1CCOCC1. The van der Waals surface area contributed by atoms with E-state index < -0.39 is 5.60 Å². The highest BCUT2D eigenvalue weighted by molar-refractivity contribution is 7.99. The van der Waals surface area contributed by atoms with Crippen molar-refractivity contribution in [1.82, 2.24) is 0 Å². The van der Waals surface area contributed by atoms with Gasteiger partial charge in [-0.2, -0.15) is 11.8 Å². The van der Waals surface area contributed by atoms with Gasteiger partial charge in [-0.1, -0.05) is 13.8 Å². The molecule has 0 saturated carbocycles. The molecule has 1 atom stereocenters. The molecule has 1 N–H and O–H groups in total. The second-order valence-electron chi connectivity index (χ2n) is 4.63. The summed E-state index contributed by atoms with van der Waals surface area (Å²) >= 11 is 1.90. The van der Waals surface area contributed by atoms with Gasteiger partial charge in [-0.25, -0.2) is 0 Å². The predicted octanol–water partition coefficient (Wildman–Crippen LogP) is 2.31. The zero-order chi connectivity index (χ0) is 10.6. The summed E-state index contributed by atoms with van der Waals surface area (Å²) in [6, 6.07) is 0. The summed E-state index contributed by atoms with van der Waals surface area (Å²) in [6.07, 6.45) is 2.28. The first-order valence-electron chi connectivity index (χ1n) is 5.44. The largest absolute Gasteiger partial charge is 0.389 e. The van der Waals surface area contributed by atoms with Crippen LogP contribution in [0, 0.1) is 5.92 Å². The van der Waals surface area contributed by atoms with Gasteiger partial charge in [0.05, 0.1) is 5.60 Å². The third-order valence-electron chi connectivity index (χ3n) is 3.02. The van der Waals surface area contributed by atoms with Crippen molar-refractivity contribution in [3.05, 3.63) is 0 Å². The number of thioether (sulfide) groups is 1. The summed E-state index contributed by atoms with van der Waals surface area (Å²) in [7, 11) is 0. The summed E-state index contributed by atoms with van der Waals surface area (Å²) in [6.45, 7) is 7.86. The van der Waals surface area contributed by atoms with Crippen molar-refractivity contribution in [3.8, 4) is 0 Å². The topological polar surface area (TPSA) is 29.5 Å². The second-order valence-corrected chi connectivity index (χ2v) is 5.92. The van der Waals surface area contributed by atoms with Crippen LogP contribution < -0.4 is 0 Å². The summed E-state index contributed by atoms with van der Waals surface area (Å²) in [5.74, 6) is 1.17. The number of ether oxygens (including phenoxy) is 1. The molecule has 1 saturated heterocycles. The highest BCUT2D eigenvalue weighted by atomic mass is 32.2. The molecular formula is C11H22O2S. The van der Waals surface area contributed by atoms with E-state index in [1.165, 1.54) is 0 Å². The van der Waals surface area contributed by atoms with Crippen LogP contribution in [0.3, 0.4) is 0 Å². The third kappa shape index (κ3) is 3.79. The molecule has 2 nitrogen and oxygen atoms in total. The van der Waals surface area contributed by atoms with E-state index in [4.69, 9.17) is 4.74 Å². The fourth-order valence-corrected chi connectivity index (χ4v) is 2.73. The molecule has 0 aliphatic carbocycles. The monoisotopic (exact) mass is 218 g/mol. The van der Waals surface area contributed by atoms with E-state index in [2.05, 4.69) is 13.8 Å². The van der Waals surface area contributed by atoms with Gasteiger partial charge in [-0.3, -0.25) is 0 Å². The number of hydrogen-bond acceptors (Lipinski definition) is 3. The van der Waals surface area contributed by atoms with Gasteiger partial charge >= 0.3 is 0 Å². The Balaban J connectivity index is 2.24. The van der Waals surface area contributed by atoms with Crippen molar-refractivity contribution in [1.29, 1.82) is 0 Å². The lowest BCUT2D eigenvalue weighted by Crippen LogP contribution is -2.35. The van der Waals surface area contributed by atoms with Crippen molar-refractivity contribution in [2.45, 2.75) is 44.5 Å². The highest BCUT2D eigenvalue weighted by Crippen LogP contribution is 2.28. The molecule has 0 aromatic carbocycles. The fraction of sp³-hybridized carbons (Fsp3) is 1.00. The van der Waals surface area contributed by atoms with Crippen molar-refractivity contribution in [3.63, 3.8) is 0 Å². The third-order valence-corrected chi connectivity index (χ3v) is 4.72. The van der Waals surface area contributed by atoms with E-state index in [-0.39, 0.29) is 0 Å².